The molecule has 2 heterocycles. The Hall–Kier alpha value is -3.58. The Bertz CT molecular complexity index is 1270. The van der Waals surface area contributed by atoms with Crippen molar-refractivity contribution in [3.63, 3.8) is 0 Å². The second-order valence-electron chi connectivity index (χ2n) is 7.65. The number of carbonyl (C=O) groups excluding carboxylic acids is 2. The summed E-state index contributed by atoms with van der Waals surface area (Å²) in [6.45, 7) is 5.59. The van der Waals surface area contributed by atoms with Crippen molar-refractivity contribution >= 4 is 44.9 Å². The number of carbonyl (C=O) groups is 2. The van der Waals surface area contributed by atoms with Gasteiger partial charge in [0.2, 0.25) is 5.91 Å². The summed E-state index contributed by atoms with van der Waals surface area (Å²) in [6.07, 6.45) is 0. The van der Waals surface area contributed by atoms with Crippen LogP contribution < -0.4 is 4.90 Å². The Kier molecular flexibility index (Phi) is 6.28. The van der Waals surface area contributed by atoms with Crippen LogP contribution in [0, 0.1) is 0 Å². The molecular formula is C25H23N3O3S. The summed E-state index contributed by atoms with van der Waals surface area (Å²) < 4.78 is 5.59. The number of esters is 1. The zero-order chi connectivity index (χ0) is 22.7. The van der Waals surface area contributed by atoms with Crippen LogP contribution in [0.25, 0.3) is 10.9 Å². The molecule has 0 fully saturated rings. The molecule has 4 rings (SSSR count). The van der Waals surface area contributed by atoms with Crippen LogP contribution in [-0.4, -0.2) is 21.8 Å². The van der Waals surface area contributed by atoms with Crippen LogP contribution in [0.4, 0.5) is 10.8 Å². The molecule has 0 N–H and O–H groups in total. The molecule has 0 aliphatic heterocycles. The number of amides is 1. The van der Waals surface area contributed by atoms with Crippen molar-refractivity contribution in [2.75, 3.05) is 4.90 Å². The van der Waals surface area contributed by atoms with E-state index >= 15 is 0 Å². The lowest BCUT2D eigenvalue weighted by atomic mass is 10.0. The fraction of sp³-hybridized carbons (Fsp3) is 0.200. The molecule has 2 aromatic carbocycles. The summed E-state index contributed by atoms with van der Waals surface area (Å²) in [5.41, 5.74) is 3.42. The van der Waals surface area contributed by atoms with Gasteiger partial charge in [-0.25, -0.2) is 9.78 Å². The SMILES string of the molecule is CC(=O)N(c1ccccc1)c1nc(COC(=O)c2cc(C(C)C)nc3ccccc23)cs1. The van der Waals surface area contributed by atoms with Gasteiger partial charge in [0.1, 0.15) is 6.61 Å². The summed E-state index contributed by atoms with van der Waals surface area (Å²) in [5.74, 6) is -0.382. The molecule has 0 unspecified atom stereocenters. The van der Waals surface area contributed by atoms with Crippen LogP contribution in [0.5, 0.6) is 0 Å². The fourth-order valence-electron chi connectivity index (χ4n) is 3.35. The van der Waals surface area contributed by atoms with Crippen LogP contribution in [0.15, 0.2) is 66.0 Å². The van der Waals surface area contributed by atoms with Crippen LogP contribution >= 0.6 is 11.3 Å². The minimum Gasteiger partial charge on any atom is -0.456 e. The van der Waals surface area contributed by atoms with E-state index in [1.807, 2.05) is 68.4 Å². The smallest absolute Gasteiger partial charge is 0.339 e. The highest BCUT2D eigenvalue weighted by Gasteiger charge is 2.19. The van der Waals surface area contributed by atoms with E-state index in [1.165, 1.54) is 18.3 Å². The van der Waals surface area contributed by atoms with Gasteiger partial charge in [-0.3, -0.25) is 14.7 Å². The maximum absolute atomic E-state index is 12.9. The molecule has 0 spiro atoms. The first-order chi connectivity index (χ1) is 15.4. The molecule has 162 valence electrons. The highest BCUT2D eigenvalue weighted by molar-refractivity contribution is 7.14. The molecule has 0 saturated heterocycles. The first kappa shape index (κ1) is 21.6. The van der Waals surface area contributed by atoms with E-state index in [-0.39, 0.29) is 18.4 Å². The molecule has 6 nitrogen and oxygen atoms in total. The third kappa shape index (κ3) is 4.53. The lowest BCUT2D eigenvalue weighted by molar-refractivity contribution is -0.115. The van der Waals surface area contributed by atoms with Crippen LogP contribution in [-0.2, 0) is 16.1 Å². The monoisotopic (exact) mass is 445 g/mol. The zero-order valence-electron chi connectivity index (χ0n) is 18.1. The summed E-state index contributed by atoms with van der Waals surface area (Å²) in [7, 11) is 0. The molecular weight excluding hydrogens is 422 g/mol. The van der Waals surface area contributed by atoms with E-state index < -0.39 is 5.97 Å². The molecule has 32 heavy (non-hydrogen) atoms. The third-order valence-corrected chi connectivity index (χ3v) is 5.83. The molecule has 4 aromatic rings. The first-order valence-electron chi connectivity index (χ1n) is 10.3. The maximum Gasteiger partial charge on any atom is 0.339 e. The molecule has 0 bridgehead atoms. The summed E-state index contributed by atoms with van der Waals surface area (Å²) in [6, 6.07) is 18.7. The number of fused-ring (bicyclic) bond motifs is 1. The highest BCUT2D eigenvalue weighted by atomic mass is 32.1. The number of anilines is 2. The van der Waals surface area contributed by atoms with Crippen molar-refractivity contribution in [2.24, 2.45) is 0 Å². The lowest BCUT2D eigenvalue weighted by Gasteiger charge is -2.17. The minimum absolute atomic E-state index is 0.0174. The van der Waals surface area contributed by atoms with Crippen LogP contribution in [0.1, 0.15) is 48.4 Å². The van der Waals surface area contributed by atoms with Gasteiger partial charge in [-0.2, -0.15) is 0 Å². The largest absolute Gasteiger partial charge is 0.456 e. The zero-order valence-corrected chi connectivity index (χ0v) is 18.9. The van der Waals surface area contributed by atoms with E-state index in [0.29, 0.717) is 16.4 Å². The molecule has 0 aliphatic rings. The van der Waals surface area contributed by atoms with Crippen molar-refractivity contribution in [3.05, 3.63) is 83.0 Å². The number of ether oxygens (including phenoxy) is 1. The van der Waals surface area contributed by atoms with Gasteiger partial charge in [-0.05, 0) is 30.2 Å². The number of hydrogen-bond acceptors (Lipinski definition) is 6. The topological polar surface area (TPSA) is 72.4 Å². The van der Waals surface area contributed by atoms with E-state index in [9.17, 15) is 9.59 Å². The molecule has 2 aromatic heterocycles. The second-order valence-corrected chi connectivity index (χ2v) is 8.49. The standard InChI is InChI=1S/C25H23N3O3S/c1-16(2)23-13-21(20-11-7-8-12-22(20)27-23)24(30)31-14-18-15-32-25(26-18)28(17(3)29)19-9-5-4-6-10-19/h4-13,15-16H,14H2,1-3H3. The van der Waals surface area contributed by atoms with Crippen molar-refractivity contribution in [1.82, 2.24) is 9.97 Å². The maximum atomic E-state index is 12.9. The van der Waals surface area contributed by atoms with E-state index in [0.717, 1.165) is 22.3 Å². The number of benzene rings is 2. The number of thiazole rings is 1. The number of pyridine rings is 1. The van der Waals surface area contributed by atoms with Gasteiger partial charge in [0.25, 0.3) is 0 Å². The normalized spacial score (nSPS) is 11.0. The number of rotatable bonds is 6. The number of nitrogens with zero attached hydrogens (tertiary/aromatic N) is 3. The molecule has 0 radical (unpaired) electrons. The van der Waals surface area contributed by atoms with Gasteiger partial charge in [-0.15, -0.1) is 11.3 Å². The van der Waals surface area contributed by atoms with E-state index in [1.54, 1.807) is 16.3 Å². The Labute approximate surface area is 190 Å². The highest BCUT2D eigenvalue weighted by Crippen LogP contribution is 2.29. The molecule has 0 atom stereocenters. The fourth-order valence-corrected chi connectivity index (χ4v) is 4.22. The third-order valence-electron chi connectivity index (χ3n) is 4.96. The minimum atomic E-state index is -0.425. The molecule has 0 saturated carbocycles. The predicted octanol–water partition coefficient (Wildman–Crippen LogP) is 5.86. The van der Waals surface area contributed by atoms with Crippen molar-refractivity contribution < 1.29 is 14.3 Å². The van der Waals surface area contributed by atoms with Gasteiger partial charge in [0, 0.05) is 23.4 Å². The van der Waals surface area contributed by atoms with Crippen molar-refractivity contribution in [2.45, 2.75) is 33.3 Å². The Morgan fingerprint density at radius 1 is 1.03 bits per heavy atom. The van der Waals surface area contributed by atoms with Gasteiger partial charge < -0.3 is 4.74 Å². The predicted molar refractivity (Wildman–Crippen MR) is 126 cm³/mol. The Balaban J connectivity index is 1.55. The lowest BCUT2D eigenvalue weighted by Crippen LogP contribution is -2.22. The van der Waals surface area contributed by atoms with E-state index in [2.05, 4.69) is 9.97 Å². The van der Waals surface area contributed by atoms with Gasteiger partial charge in [0.15, 0.2) is 5.13 Å². The van der Waals surface area contributed by atoms with Gasteiger partial charge >= 0.3 is 5.97 Å². The Morgan fingerprint density at radius 3 is 2.47 bits per heavy atom. The number of para-hydroxylation sites is 2. The Morgan fingerprint density at radius 2 is 1.75 bits per heavy atom. The van der Waals surface area contributed by atoms with Gasteiger partial charge in [0.05, 0.1) is 22.5 Å². The molecule has 1 amide bonds. The second kappa shape index (κ2) is 9.28. The summed E-state index contributed by atoms with van der Waals surface area (Å²) in [4.78, 5) is 35.9. The van der Waals surface area contributed by atoms with Crippen LogP contribution in [0.2, 0.25) is 0 Å². The first-order valence-corrected chi connectivity index (χ1v) is 11.2. The average Bonchev–Trinajstić information content (AvgIpc) is 3.25. The van der Waals surface area contributed by atoms with Crippen LogP contribution in [0.3, 0.4) is 0 Å². The summed E-state index contributed by atoms with van der Waals surface area (Å²) in [5, 5.41) is 3.09. The van der Waals surface area contributed by atoms with Crippen molar-refractivity contribution in [1.29, 1.82) is 0 Å². The molecule has 7 heteroatoms. The summed E-state index contributed by atoms with van der Waals surface area (Å²) >= 11 is 1.33. The average molecular weight is 446 g/mol. The van der Waals surface area contributed by atoms with Crippen molar-refractivity contribution in [3.8, 4) is 0 Å². The molecule has 0 aliphatic carbocycles. The van der Waals surface area contributed by atoms with E-state index in [4.69, 9.17) is 4.74 Å². The number of aromatic nitrogens is 2. The van der Waals surface area contributed by atoms with Gasteiger partial charge in [-0.1, -0.05) is 50.2 Å². The quantitative estimate of drug-likeness (QED) is 0.348. The number of hydrogen-bond donors (Lipinski definition) is 0.